The standard InChI is InChI=1S/C14H13F2N3/c1-3-7-19-12(4-2)18-13(14(19)17)10-6-5-9(15)8-11(10)16/h1,5-6,8H,4,7,17H2,2H3. The van der Waals surface area contributed by atoms with Crippen molar-refractivity contribution in [2.45, 2.75) is 19.9 Å². The zero-order valence-corrected chi connectivity index (χ0v) is 10.5. The Morgan fingerprint density at radius 1 is 1.42 bits per heavy atom. The Morgan fingerprint density at radius 3 is 2.74 bits per heavy atom. The van der Waals surface area contributed by atoms with E-state index < -0.39 is 11.6 Å². The molecule has 2 rings (SSSR count). The number of rotatable bonds is 3. The summed E-state index contributed by atoms with van der Waals surface area (Å²) in [7, 11) is 0. The first-order valence-corrected chi connectivity index (χ1v) is 5.82. The van der Waals surface area contributed by atoms with Crippen LogP contribution >= 0.6 is 0 Å². The molecule has 0 fully saturated rings. The van der Waals surface area contributed by atoms with Gasteiger partial charge >= 0.3 is 0 Å². The van der Waals surface area contributed by atoms with Crippen molar-refractivity contribution in [1.29, 1.82) is 0 Å². The van der Waals surface area contributed by atoms with Crippen molar-refractivity contribution in [1.82, 2.24) is 9.55 Å². The number of aromatic nitrogens is 2. The summed E-state index contributed by atoms with van der Waals surface area (Å²) in [4.78, 5) is 4.29. The van der Waals surface area contributed by atoms with Crippen LogP contribution in [0.3, 0.4) is 0 Å². The summed E-state index contributed by atoms with van der Waals surface area (Å²) in [5, 5.41) is 0. The fourth-order valence-electron chi connectivity index (χ4n) is 1.93. The lowest BCUT2D eigenvalue weighted by Gasteiger charge is -2.04. The molecular weight excluding hydrogens is 248 g/mol. The molecular formula is C14H13F2N3. The van der Waals surface area contributed by atoms with E-state index in [1.54, 1.807) is 4.57 Å². The zero-order chi connectivity index (χ0) is 14.0. The summed E-state index contributed by atoms with van der Waals surface area (Å²) < 4.78 is 28.3. The van der Waals surface area contributed by atoms with Gasteiger partial charge in [-0.1, -0.05) is 12.8 Å². The van der Waals surface area contributed by atoms with Crippen LogP contribution in [0.5, 0.6) is 0 Å². The molecule has 0 atom stereocenters. The maximum atomic E-state index is 13.8. The van der Waals surface area contributed by atoms with Gasteiger partial charge in [-0.25, -0.2) is 13.8 Å². The van der Waals surface area contributed by atoms with Crippen LogP contribution in [0.15, 0.2) is 18.2 Å². The van der Waals surface area contributed by atoms with Gasteiger partial charge in [0.2, 0.25) is 0 Å². The van der Waals surface area contributed by atoms with Gasteiger partial charge in [0.05, 0.1) is 6.54 Å². The van der Waals surface area contributed by atoms with E-state index in [1.165, 1.54) is 12.1 Å². The smallest absolute Gasteiger partial charge is 0.135 e. The Kier molecular flexibility index (Phi) is 3.52. The van der Waals surface area contributed by atoms with Gasteiger partial charge < -0.3 is 10.3 Å². The van der Waals surface area contributed by atoms with Gasteiger partial charge in [-0.05, 0) is 12.1 Å². The van der Waals surface area contributed by atoms with E-state index in [2.05, 4.69) is 10.9 Å². The molecule has 2 N–H and O–H groups in total. The first-order valence-electron chi connectivity index (χ1n) is 5.82. The van der Waals surface area contributed by atoms with Crippen molar-refractivity contribution in [3.05, 3.63) is 35.7 Å². The average Bonchev–Trinajstić information content (AvgIpc) is 2.68. The topological polar surface area (TPSA) is 43.8 Å². The molecule has 19 heavy (non-hydrogen) atoms. The number of hydrogen-bond donors (Lipinski definition) is 1. The molecule has 1 heterocycles. The predicted octanol–water partition coefficient (Wildman–Crippen LogP) is 2.61. The van der Waals surface area contributed by atoms with Crippen LogP contribution in [0.4, 0.5) is 14.6 Å². The third kappa shape index (κ3) is 2.29. The Balaban J connectivity index is 2.60. The predicted molar refractivity (Wildman–Crippen MR) is 70.2 cm³/mol. The molecule has 0 aliphatic carbocycles. The SMILES string of the molecule is C#CCn1c(CC)nc(-c2ccc(F)cc2F)c1N. The lowest BCUT2D eigenvalue weighted by molar-refractivity contribution is 0.585. The van der Waals surface area contributed by atoms with Crippen molar-refractivity contribution in [2.75, 3.05) is 5.73 Å². The van der Waals surface area contributed by atoms with Gasteiger partial charge in [-0.15, -0.1) is 6.42 Å². The van der Waals surface area contributed by atoms with Crippen LogP contribution in [-0.2, 0) is 13.0 Å². The highest BCUT2D eigenvalue weighted by Gasteiger charge is 2.17. The molecule has 0 saturated carbocycles. The van der Waals surface area contributed by atoms with E-state index in [1.807, 2.05) is 6.92 Å². The molecule has 0 saturated heterocycles. The highest BCUT2D eigenvalue weighted by molar-refractivity contribution is 5.71. The number of aryl methyl sites for hydroxylation is 1. The van der Waals surface area contributed by atoms with Crippen LogP contribution < -0.4 is 5.73 Å². The monoisotopic (exact) mass is 261 g/mol. The molecule has 0 radical (unpaired) electrons. The van der Waals surface area contributed by atoms with E-state index in [9.17, 15) is 8.78 Å². The van der Waals surface area contributed by atoms with Crippen molar-refractivity contribution >= 4 is 5.82 Å². The molecule has 3 nitrogen and oxygen atoms in total. The summed E-state index contributed by atoms with van der Waals surface area (Å²) in [6, 6.07) is 3.30. The number of nitrogen functional groups attached to an aromatic ring is 1. The summed E-state index contributed by atoms with van der Waals surface area (Å²) >= 11 is 0. The quantitative estimate of drug-likeness (QED) is 0.863. The Bertz CT molecular complexity index is 653. The summed E-state index contributed by atoms with van der Waals surface area (Å²) in [5.41, 5.74) is 6.42. The molecule has 0 spiro atoms. The van der Waals surface area contributed by atoms with Crippen LogP contribution in [0, 0.1) is 24.0 Å². The van der Waals surface area contributed by atoms with Crippen LogP contribution in [0.25, 0.3) is 11.3 Å². The molecule has 1 aromatic carbocycles. The number of nitrogens with zero attached hydrogens (tertiary/aromatic N) is 2. The second-order valence-electron chi connectivity index (χ2n) is 4.03. The van der Waals surface area contributed by atoms with Gasteiger partial charge in [0, 0.05) is 18.1 Å². The number of terminal acetylenes is 1. The number of hydrogen-bond acceptors (Lipinski definition) is 2. The lowest BCUT2D eigenvalue weighted by Crippen LogP contribution is -2.05. The molecule has 0 aliphatic heterocycles. The fraction of sp³-hybridized carbons (Fsp3) is 0.214. The van der Waals surface area contributed by atoms with Crippen LogP contribution in [0.1, 0.15) is 12.7 Å². The van der Waals surface area contributed by atoms with Crippen molar-refractivity contribution in [3.8, 4) is 23.6 Å². The largest absolute Gasteiger partial charge is 0.383 e. The second kappa shape index (κ2) is 5.11. The number of halogens is 2. The molecule has 2 aromatic rings. The van der Waals surface area contributed by atoms with E-state index in [-0.39, 0.29) is 12.1 Å². The Hall–Kier alpha value is -2.35. The summed E-state index contributed by atoms with van der Waals surface area (Å²) in [5.74, 6) is 2.11. The van der Waals surface area contributed by atoms with Gasteiger partial charge in [-0.2, -0.15) is 0 Å². The molecule has 0 unspecified atom stereocenters. The highest BCUT2D eigenvalue weighted by atomic mass is 19.1. The van der Waals surface area contributed by atoms with Gasteiger partial charge in [0.25, 0.3) is 0 Å². The van der Waals surface area contributed by atoms with E-state index in [0.29, 0.717) is 23.8 Å². The molecule has 0 amide bonds. The van der Waals surface area contributed by atoms with Crippen LogP contribution in [0.2, 0.25) is 0 Å². The maximum absolute atomic E-state index is 13.8. The van der Waals surface area contributed by atoms with E-state index in [4.69, 9.17) is 12.2 Å². The van der Waals surface area contributed by atoms with Gasteiger partial charge in [-0.3, -0.25) is 0 Å². The van der Waals surface area contributed by atoms with Gasteiger partial charge in [0.15, 0.2) is 0 Å². The first-order chi connectivity index (χ1) is 9.08. The third-order valence-corrected chi connectivity index (χ3v) is 2.84. The van der Waals surface area contributed by atoms with Crippen molar-refractivity contribution in [2.24, 2.45) is 0 Å². The minimum Gasteiger partial charge on any atom is -0.383 e. The Morgan fingerprint density at radius 2 is 2.16 bits per heavy atom. The maximum Gasteiger partial charge on any atom is 0.135 e. The highest BCUT2D eigenvalue weighted by Crippen LogP contribution is 2.29. The molecule has 98 valence electrons. The molecule has 0 bridgehead atoms. The molecule has 5 heteroatoms. The van der Waals surface area contributed by atoms with Crippen LogP contribution in [-0.4, -0.2) is 9.55 Å². The first kappa shape index (κ1) is 13.1. The number of imidazole rings is 1. The van der Waals surface area contributed by atoms with E-state index in [0.717, 1.165) is 6.07 Å². The second-order valence-corrected chi connectivity index (χ2v) is 4.03. The minimum absolute atomic E-state index is 0.171. The molecule has 0 aliphatic rings. The number of anilines is 1. The van der Waals surface area contributed by atoms with E-state index >= 15 is 0 Å². The summed E-state index contributed by atoms with van der Waals surface area (Å²) in [6.45, 7) is 2.17. The summed E-state index contributed by atoms with van der Waals surface area (Å²) in [6.07, 6.45) is 5.89. The minimum atomic E-state index is -0.695. The zero-order valence-electron chi connectivity index (χ0n) is 10.5. The van der Waals surface area contributed by atoms with Gasteiger partial charge in [0.1, 0.15) is 29.0 Å². The average molecular weight is 261 g/mol. The fourth-order valence-corrected chi connectivity index (χ4v) is 1.93. The number of benzene rings is 1. The Labute approximate surface area is 110 Å². The third-order valence-electron chi connectivity index (χ3n) is 2.84. The molecule has 1 aromatic heterocycles. The lowest BCUT2D eigenvalue weighted by atomic mass is 10.1. The number of nitrogens with two attached hydrogens (primary N) is 1. The normalized spacial score (nSPS) is 10.4. The van der Waals surface area contributed by atoms with Crippen molar-refractivity contribution in [3.63, 3.8) is 0 Å². The van der Waals surface area contributed by atoms with Crippen molar-refractivity contribution < 1.29 is 8.78 Å².